The Balaban J connectivity index is 2.09. The molecule has 0 bridgehead atoms. The number of amides is 2. The number of nitrogens with one attached hydrogen (secondary N) is 1. The third-order valence-corrected chi connectivity index (χ3v) is 9.24. The number of hydrogen-bond donors (Lipinski definition) is 1. The number of sulfonamides is 1. The van der Waals surface area contributed by atoms with Crippen LogP contribution in [0.3, 0.4) is 0 Å². The van der Waals surface area contributed by atoms with Crippen LogP contribution in [0.5, 0.6) is 5.75 Å². The first-order valence-corrected chi connectivity index (χ1v) is 16.0. The Hall–Kier alpha value is -3.29. The third kappa shape index (κ3) is 8.60. The molecule has 224 valence electrons. The summed E-state index contributed by atoms with van der Waals surface area (Å²) in [6, 6.07) is 9.44. The molecule has 2 unspecified atom stereocenters. The molecule has 0 aromatic heterocycles. The number of esters is 1. The van der Waals surface area contributed by atoms with Crippen LogP contribution in [0.1, 0.15) is 31.9 Å². The molecular weight excluding hydrogens is 570 g/mol. The maximum Gasteiger partial charge on any atom is 0.414 e. The molecule has 11 nitrogen and oxygen atoms in total. The van der Waals surface area contributed by atoms with Crippen LogP contribution in [-0.4, -0.2) is 89.6 Å². The van der Waals surface area contributed by atoms with Gasteiger partial charge in [0, 0.05) is 49.4 Å². The number of ether oxygens (including phenoxy) is 2. The van der Waals surface area contributed by atoms with Crippen molar-refractivity contribution in [3.8, 4) is 5.75 Å². The Labute approximate surface area is 243 Å². The lowest BCUT2D eigenvalue weighted by Crippen LogP contribution is -2.59. The third-order valence-electron chi connectivity index (χ3n) is 6.05. The molecule has 3 atom stereocenters. The molecular formula is C28H37N3O8S2. The van der Waals surface area contributed by atoms with E-state index >= 15 is 0 Å². The zero-order valence-corrected chi connectivity index (χ0v) is 25.7. The summed E-state index contributed by atoms with van der Waals surface area (Å²) in [6.45, 7) is 6.97. The Morgan fingerprint density at radius 3 is 2.20 bits per heavy atom. The number of aryl methyl sites for hydroxylation is 1. The van der Waals surface area contributed by atoms with E-state index in [0.717, 1.165) is 5.56 Å². The highest BCUT2D eigenvalue weighted by Crippen LogP contribution is 2.26. The Morgan fingerprint density at radius 2 is 1.66 bits per heavy atom. The van der Waals surface area contributed by atoms with Gasteiger partial charge in [-0.05, 0) is 57.5 Å². The molecule has 1 N–H and O–H groups in total. The molecule has 2 amide bonds. The first-order chi connectivity index (χ1) is 19.1. The zero-order valence-electron chi connectivity index (χ0n) is 24.1. The molecule has 0 spiro atoms. The zero-order chi connectivity index (χ0) is 30.5. The van der Waals surface area contributed by atoms with E-state index in [-0.39, 0.29) is 29.4 Å². The van der Waals surface area contributed by atoms with Crippen molar-refractivity contribution in [3.05, 3.63) is 59.7 Å². The van der Waals surface area contributed by atoms with Gasteiger partial charge in [0.1, 0.15) is 17.4 Å². The Morgan fingerprint density at radius 1 is 1.05 bits per heavy atom. The van der Waals surface area contributed by atoms with Crippen LogP contribution in [0.4, 0.5) is 4.79 Å². The fourth-order valence-corrected chi connectivity index (χ4v) is 6.70. The van der Waals surface area contributed by atoms with Crippen molar-refractivity contribution < 1.29 is 36.5 Å². The monoisotopic (exact) mass is 607 g/mol. The molecule has 41 heavy (non-hydrogen) atoms. The lowest BCUT2D eigenvalue weighted by Gasteiger charge is -2.35. The summed E-state index contributed by atoms with van der Waals surface area (Å²) < 4.78 is 51.9. The molecule has 2 aromatic rings. The second-order valence-corrected chi connectivity index (χ2v) is 14.4. The van der Waals surface area contributed by atoms with Crippen LogP contribution in [0, 0.1) is 6.92 Å². The van der Waals surface area contributed by atoms with Gasteiger partial charge in [0.25, 0.3) is 15.9 Å². The molecule has 1 aliphatic rings. The van der Waals surface area contributed by atoms with E-state index in [1.165, 1.54) is 29.2 Å². The number of rotatable bonds is 8. The Kier molecular flexibility index (Phi) is 10.3. The number of benzene rings is 2. The van der Waals surface area contributed by atoms with Crippen molar-refractivity contribution >= 4 is 38.8 Å². The molecule has 0 radical (unpaired) electrons. The maximum atomic E-state index is 14.1. The van der Waals surface area contributed by atoms with Crippen LogP contribution in [0.2, 0.25) is 0 Å². The minimum atomic E-state index is -4.57. The lowest BCUT2D eigenvalue weighted by molar-refractivity contribution is -0.162. The number of carbonyl (C=O) groups is 3. The molecule has 3 rings (SSSR count). The first-order valence-electron chi connectivity index (χ1n) is 13.0. The molecule has 0 aliphatic carbocycles. The molecule has 13 heteroatoms. The quantitative estimate of drug-likeness (QED) is 0.448. The SMILES string of the molecule is Cc1ccc(S(=O)(=O)N(C(=O)C2CS(=O)CCN2)[C@@H](Cc2ccc(OC(=O)N(C)C)cc2)C(=O)OC(C)(C)C)cc1. The van der Waals surface area contributed by atoms with Crippen molar-refractivity contribution in [2.24, 2.45) is 0 Å². The van der Waals surface area contributed by atoms with Crippen LogP contribution in [-0.2, 0) is 41.6 Å². The van der Waals surface area contributed by atoms with Gasteiger partial charge in [-0.1, -0.05) is 29.8 Å². The average molecular weight is 608 g/mol. The largest absolute Gasteiger partial charge is 0.458 e. The van der Waals surface area contributed by atoms with Crippen LogP contribution in [0.15, 0.2) is 53.4 Å². The van der Waals surface area contributed by atoms with Gasteiger partial charge in [0.2, 0.25) is 0 Å². The van der Waals surface area contributed by atoms with Gasteiger partial charge in [-0.3, -0.25) is 9.00 Å². The molecule has 2 aromatic carbocycles. The second-order valence-electron chi connectivity index (χ2n) is 10.9. The predicted molar refractivity (Wildman–Crippen MR) is 154 cm³/mol. The van der Waals surface area contributed by atoms with E-state index in [2.05, 4.69) is 5.32 Å². The topological polar surface area (TPSA) is 139 Å². The highest BCUT2D eigenvalue weighted by atomic mass is 32.2. The molecule has 0 saturated carbocycles. The summed E-state index contributed by atoms with van der Waals surface area (Å²) in [5, 5.41) is 2.95. The average Bonchev–Trinajstić information content (AvgIpc) is 2.88. The van der Waals surface area contributed by atoms with Crippen LogP contribution in [0.25, 0.3) is 0 Å². The standard InChI is InChI=1S/C28H37N3O8S2/c1-19-7-13-22(14-8-19)41(36,37)31(25(32)23-18-40(35)16-15-29-23)24(26(33)39-28(2,3)4)17-20-9-11-21(12-10-20)38-27(34)30(5)6/h7-14,23-24,29H,15-18H2,1-6H3/t23?,24-,40?/m0/s1. The van der Waals surface area contributed by atoms with Gasteiger partial charge in [-0.2, -0.15) is 0 Å². The second kappa shape index (κ2) is 13.1. The van der Waals surface area contributed by atoms with Gasteiger partial charge in [-0.25, -0.2) is 22.3 Å². The van der Waals surface area contributed by atoms with Gasteiger partial charge in [0.15, 0.2) is 0 Å². The molecule has 1 fully saturated rings. The van der Waals surface area contributed by atoms with Crippen molar-refractivity contribution in [3.63, 3.8) is 0 Å². The first kappa shape index (κ1) is 32.2. The summed E-state index contributed by atoms with van der Waals surface area (Å²) in [5.74, 6) is -1.33. The van der Waals surface area contributed by atoms with Crippen molar-refractivity contribution in [2.45, 2.75) is 56.7 Å². The molecule has 1 heterocycles. The number of carbonyl (C=O) groups excluding carboxylic acids is 3. The van der Waals surface area contributed by atoms with Crippen molar-refractivity contribution in [1.29, 1.82) is 0 Å². The van der Waals surface area contributed by atoms with E-state index in [0.29, 0.717) is 15.6 Å². The van der Waals surface area contributed by atoms with E-state index in [9.17, 15) is 27.0 Å². The minimum Gasteiger partial charge on any atom is -0.458 e. The number of hydrogen-bond acceptors (Lipinski definition) is 9. The van der Waals surface area contributed by atoms with Gasteiger partial charge < -0.3 is 19.7 Å². The van der Waals surface area contributed by atoms with Crippen molar-refractivity contribution in [1.82, 2.24) is 14.5 Å². The predicted octanol–water partition coefficient (Wildman–Crippen LogP) is 2.25. The van der Waals surface area contributed by atoms with Gasteiger partial charge in [-0.15, -0.1) is 0 Å². The highest BCUT2D eigenvalue weighted by Gasteiger charge is 2.44. The number of nitrogens with zero attached hydrogens (tertiary/aromatic N) is 2. The normalized spacial score (nSPS) is 18.2. The van der Waals surface area contributed by atoms with E-state index in [1.54, 1.807) is 66.1 Å². The van der Waals surface area contributed by atoms with Crippen LogP contribution < -0.4 is 10.1 Å². The smallest absolute Gasteiger partial charge is 0.414 e. The fraction of sp³-hybridized carbons (Fsp3) is 0.464. The molecule has 1 saturated heterocycles. The summed E-state index contributed by atoms with van der Waals surface area (Å²) in [4.78, 5) is 40.6. The van der Waals surface area contributed by atoms with Crippen molar-refractivity contribution in [2.75, 3.05) is 32.1 Å². The Bertz CT molecular complexity index is 1380. The van der Waals surface area contributed by atoms with Gasteiger partial charge in [0.05, 0.1) is 10.9 Å². The van der Waals surface area contributed by atoms with E-state index in [1.807, 2.05) is 0 Å². The summed E-state index contributed by atoms with van der Waals surface area (Å²) in [7, 11) is -2.82. The summed E-state index contributed by atoms with van der Waals surface area (Å²) in [5.41, 5.74) is 0.319. The van der Waals surface area contributed by atoms with Gasteiger partial charge >= 0.3 is 12.1 Å². The lowest BCUT2D eigenvalue weighted by atomic mass is 10.0. The minimum absolute atomic E-state index is 0.0915. The summed E-state index contributed by atoms with van der Waals surface area (Å²) >= 11 is 0. The maximum absolute atomic E-state index is 14.1. The van der Waals surface area contributed by atoms with Crippen LogP contribution >= 0.6 is 0 Å². The molecule has 1 aliphatic heterocycles. The highest BCUT2D eigenvalue weighted by molar-refractivity contribution is 7.89. The fourth-order valence-electron chi connectivity index (χ4n) is 3.99. The van der Waals surface area contributed by atoms with E-state index in [4.69, 9.17) is 9.47 Å². The summed E-state index contributed by atoms with van der Waals surface area (Å²) in [6.07, 6.45) is -0.800. The van der Waals surface area contributed by atoms with E-state index < -0.39 is 56.5 Å².